The van der Waals surface area contributed by atoms with Gasteiger partial charge in [0.2, 0.25) is 0 Å². The molecule has 1 fully saturated rings. The van der Waals surface area contributed by atoms with Crippen molar-refractivity contribution in [2.75, 3.05) is 43.6 Å². The van der Waals surface area contributed by atoms with Gasteiger partial charge in [-0.3, -0.25) is 4.79 Å². The Bertz CT molecular complexity index is 1480. The highest BCUT2D eigenvalue weighted by Crippen LogP contribution is 2.31. The predicted molar refractivity (Wildman–Crippen MR) is 149 cm³/mol. The lowest BCUT2D eigenvalue weighted by atomic mass is 10.1. The van der Waals surface area contributed by atoms with Gasteiger partial charge in [0.1, 0.15) is 17.1 Å². The molecule has 0 amide bonds. The molecule has 4 aromatic rings. The van der Waals surface area contributed by atoms with E-state index >= 15 is 0 Å². The molecule has 2 atom stereocenters. The predicted octanol–water partition coefficient (Wildman–Crippen LogP) is 4.37. The van der Waals surface area contributed by atoms with Crippen LogP contribution in [0.15, 0.2) is 51.9 Å². The maximum atomic E-state index is 12.9. The number of H-pyrrole nitrogens is 2. The Morgan fingerprint density at radius 3 is 2.92 bits per heavy atom. The quantitative estimate of drug-likeness (QED) is 0.262. The second kappa shape index (κ2) is 10.6. The van der Waals surface area contributed by atoms with Gasteiger partial charge in [0.05, 0.1) is 47.1 Å². The Balaban J connectivity index is 1.43. The van der Waals surface area contributed by atoms with Gasteiger partial charge in [-0.05, 0) is 71.2 Å². The van der Waals surface area contributed by atoms with Gasteiger partial charge in [0.15, 0.2) is 0 Å². The number of ether oxygens (including phenoxy) is 2. The number of benzene rings is 2. The van der Waals surface area contributed by atoms with Crippen LogP contribution in [0.5, 0.6) is 5.75 Å². The first-order valence-corrected chi connectivity index (χ1v) is 13.0. The summed E-state index contributed by atoms with van der Waals surface area (Å²) in [7, 11) is 1.59. The molecular weight excluding hydrogens is 538 g/mol. The number of nitrogens with one attached hydrogen (secondary N) is 3. The van der Waals surface area contributed by atoms with Crippen molar-refractivity contribution in [1.82, 2.24) is 15.0 Å². The number of aromatic nitrogens is 3. The maximum absolute atomic E-state index is 12.9. The number of aromatic amines is 2. The second-order valence-corrected chi connectivity index (χ2v) is 10.1. The topological polar surface area (TPSA) is 116 Å². The second-order valence-electron chi connectivity index (χ2n) is 9.26. The van der Waals surface area contributed by atoms with E-state index in [9.17, 15) is 9.90 Å². The molecule has 0 radical (unpaired) electrons. The van der Waals surface area contributed by atoms with Crippen molar-refractivity contribution in [2.24, 2.45) is 0 Å². The number of aliphatic hydroxyl groups excluding tert-OH is 1. The summed E-state index contributed by atoms with van der Waals surface area (Å²) in [6.07, 6.45) is 0.953. The van der Waals surface area contributed by atoms with Crippen LogP contribution in [0.2, 0.25) is 0 Å². The molecule has 0 unspecified atom stereocenters. The summed E-state index contributed by atoms with van der Waals surface area (Å²) in [6.45, 7) is 6.65. The normalized spacial score (nSPS) is 16.7. The van der Waals surface area contributed by atoms with Crippen LogP contribution in [0.25, 0.3) is 22.4 Å². The highest BCUT2D eigenvalue weighted by Gasteiger charge is 2.20. The van der Waals surface area contributed by atoms with Crippen LogP contribution in [0.3, 0.4) is 0 Å². The van der Waals surface area contributed by atoms with E-state index in [1.165, 1.54) is 0 Å². The minimum Gasteiger partial charge on any atom is -0.496 e. The molecule has 9 nitrogen and oxygen atoms in total. The molecule has 2 aromatic heterocycles. The number of halogens is 1. The number of pyridine rings is 1. The lowest BCUT2D eigenvalue weighted by molar-refractivity contribution is 0.0532. The zero-order valence-electron chi connectivity index (χ0n) is 21.0. The lowest BCUT2D eigenvalue weighted by Gasteiger charge is -2.33. The van der Waals surface area contributed by atoms with Crippen molar-refractivity contribution < 1.29 is 14.6 Å². The Kier molecular flexibility index (Phi) is 7.23. The van der Waals surface area contributed by atoms with E-state index in [1.54, 1.807) is 25.4 Å². The Hall–Kier alpha value is -3.34. The molecule has 1 aliphatic heterocycles. The molecular formula is C27H30BrN5O4. The zero-order valence-corrected chi connectivity index (χ0v) is 22.6. The number of aliphatic hydroxyl groups is 1. The average Bonchev–Trinajstić information content (AvgIpc) is 3.31. The van der Waals surface area contributed by atoms with E-state index in [4.69, 9.17) is 14.5 Å². The minimum atomic E-state index is -0.800. The van der Waals surface area contributed by atoms with E-state index in [2.05, 4.69) is 55.2 Å². The number of hydrogen-bond donors (Lipinski definition) is 4. The Morgan fingerprint density at radius 1 is 1.32 bits per heavy atom. The molecule has 5 rings (SSSR count). The summed E-state index contributed by atoms with van der Waals surface area (Å²) >= 11 is 3.46. The summed E-state index contributed by atoms with van der Waals surface area (Å²) in [5.74, 6) is 1.16. The summed E-state index contributed by atoms with van der Waals surface area (Å²) in [5, 5.41) is 14.0. The Labute approximate surface area is 223 Å². The smallest absolute Gasteiger partial charge is 0.261 e. The maximum Gasteiger partial charge on any atom is 0.261 e. The first-order valence-electron chi connectivity index (χ1n) is 12.2. The summed E-state index contributed by atoms with van der Waals surface area (Å²) in [4.78, 5) is 26.1. The van der Waals surface area contributed by atoms with Crippen molar-refractivity contribution in [3.8, 4) is 17.1 Å². The molecule has 1 saturated heterocycles. The molecule has 1 aliphatic rings. The van der Waals surface area contributed by atoms with Crippen molar-refractivity contribution >= 4 is 38.3 Å². The number of hydrogen-bond acceptors (Lipinski definition) is 7. The first kappa shape index (κ1) is 25.3. The van der Waals surface area contributed by atoms with Gasteiger partial charge in [0, 0.05) is 31.5 Å². The van der Waals surface area contributed by atoms with Crippen LogP contribution in [-0.2, 0) is 4.74 Å². The number of rotatable bonds is 7. The molecule has 0 spiro atoms. The molecule has 0 aliphatic carbocycles. The van der Waals surface area contributed by atoms with Gasteiger partial charge in [-0.15, -0.1) is 0 Å². The SMILES string of the molecule is COc1ccc([C@@H](O)CNc2cc[nH]c(=O)c2-c2nc3c(C)cc(N4CCO[C@@H](C)C4)cc3[nH]2)cc1Br. The third-order valence-corrected chi connectivity index (χ3v) is 7.23. The van der Waals surface area contributed by atoms with Gasteiger partial charge < -0.3 is 34.8 Å². The zero-order chi connectivity index (χ0) is 26.1. The molecule has 2 aromatic carbocycles. The largest absolute Gasteiger partial charge is 0.496 e. The highest BCUT2D eigenvalue weighted by atomic mass is 79.9. The van der Waals surface area contributed by atoms with Crippen molar-refractivity contribution in [2.45, 2.75) is 26.1 Å². The number of fused-ring (bicyclic) bond motifs is 1. The van der Waals surface area contributed by atoms with E-state index in [1.807, 2.05) is 19.1 Å². The van der Waals surface area contributed by atoms with Crippen LogP contribution in [0.4, 0.5) is 11.4 Å². The van der Waals surface area contributed by atoms with Crippen LogP contribution in [0.1, 0.15) is 24.2 Å². The fourth-order valence-corrected chi connectivity index (χ4v) is 5.26. The van der Waals surface area contributed by atoms with E-state index < -0.39 is 6.10 Å². The van der Waals surface area contributed by atoms with Crippen molar-refractivity contribution in [1.29, 1.82) is 0 Å². The fraction of sp³-hybridized carbons (Fsp3) is 0.333. The van der Waals surface area contributed by atoms with Crippen molar-refractivity contribution in [3.63, 3.8) is 0 Å². The van der Waals surface area contributed by atoms with Crippen LogP contribution in [-0.4, -0.2) is 59.5 Å². The number of imidazole rings is 1. The summed E-state index contributed by atoms with van der Waals surface area (Å²) < 4.78 is 11.7. The summed E-state index contributed by atoms with van der Waals surface area (Å²) in [5.41, 5.74) is 5.22. The van der Waals surface area contributed by atoms with Gasteiger partial charge >= 0.3 is 0 Å². The molecule has 0 saturated carbocycles. The number of anilines is 2. The van der Waals surface area contributed by atoms with Gasteiger partial charge in [-0.25, -0.2) is 4.98 Å². The average molecular weight is 568 g/mol. The molecule has 3 heterocycles. The van der Waals surface area contributed by atoms with E-state index in [0.29, 0.717) is 29.4 Å². The molecule has 0 bridgehead atoms. The standard InChI is InChI=1S/C27H30BrN5O4/c1-15-10-18(33-8-9-37-16(2)14-33)12-21-25(15)32-26(31-21)24-20(6-7-29-27(24)35)30-13-22(34)17-4-5-23(36-3)19(28)11-17/h4-7,10-12,16,22,34H,8-9,13-14H2,1-3H3,(H,31,32)(H2,29,30,35)/t16-,22-/m0/s1. The summed E-state index contributed by atoms with van der Waals surface area (Å²) in [6, 6.07) is 11.4. The molecule has 10 heteroatoms. The molecule has 37 heavy (non-hydrogen) atoms. The number of methoxy groups -OCH3 is 1. The van der Waals surface area contributed by atoms with Gasteiger partial charge in [0.25, 0.3) is 5.56 Å². The third-order valence-electron chi connectivity index (χ3n) is 6.61. The monoisotopic (exact) mass is 567 g/mol. The third kappa shape index (κ3) is 5.22. The first-order chi connectivity index (χ1) is 17.8. The minimum absolute atomic E-state index is 0.174. The van der Waals surface area contributed by atoms with Gasteiger partial charge in [-0.2, -0.15) is 0 Å². The number of aryl methyl sites for hydroxylation is 1. The fourth-order valence-electron chi connectivity index (χ4n) is 4.70. The van der Waals surface area contributed by atoms with E-state index in [0.717, 1.165) is 45.4 Å². The number of morpholine rings is 1. The van der Waals surface area contributed by atoms with Crippen LogP contribution < -0.4 is 20.5 Å². The Morgan fingerprint density at radius 2 is 2.16 bits per heavy atom. The van der Waals surface area contributed by atoms with Crippen LogP contribution >= 0.6 is 15.9 Å². The van der Waals surface area contributed by atoms with Crippen molar-refractivity contribution in [3.05, 3.63) is 68.5 Å². The van der Waals surface area contributed by atoms with Crippen LogP contribution in [0, 0.1) is 6.92 Å². The highest BCUT2D eigenvalue weighted by molar-refractivity contribution is 9.10. The van der Waals surface area contributed by atoms with Gasteiger partial charge in [-0.1, -0.05) is 6.07 Å². The molecule has 4 N–H and O–H groups in total. The number of nitrogens with zero attached hydrogens (tertiary/aromatic N) is 2. The molecule has 194 valence electrons. The van der Waals surface area contributed by atoms with E-state index in [-0.39, 0.29) is 18.2 Å². The lowest BCUT2D eigenvalue weighted by Crippen LogP contribution is -2.41.